The number of nitrogens with zero attached hydrogens (tertiary/aromatic N) is 1. The second-order valence-corrected chi connectivity index (χ2v) is 6.80. The van der Waals surface area contributed by atoms with Crippen LogP contribution >= 0.6 is 11.8 Å². The summed E-state index contributed by atoms with van der Waals surface area (Å²) in [5.74, 6) is -0.592. The number of rotatable bonds is 4. The summed E-state index contributed by atoms with van der Waals surface area (Å²) in [4.78, 5) is 35.8. The molecule has 0 saturated heterocycles. The van der Waals surface area contributed by atoms with Gasteiger partial charge in [0.1, 0.15) is 0 Å². The van der Waals surface area contributed by atoms with Crippen LogP contribution in [0.5, 0.6) is 0 Å². The molecule has 0 aromatic heterocycles. The Labute approximate surface area is 148 Å². The highest BCUT2D eigenvalue weighted by Gasteiger charge is 2.29. The molecule has 7 nitrogen and oxygen atoms in total. The Kier molecular flexibility index (Phi) is 4.71. The van der Waals surface area contributed by atoms with Crippen LogP contribution < -0.4 is 10.6 Å². The van der Waals surface area contributed by atoms with Gasteiger partial charge in [-0.1, -0.05) is 18.2 Å². The third-order valence-corrected chi connectivity index (χ3v) is 5.13. The molecule has 0 aliphatic carbocycles. The van der Waals surface area contributed by atoms with Crippen LogP contribution in [0.2, 0.25) is 0 Å². The average molecular weight is 357 g/mol. The SMILES string of the molecule is Cc1c(NC(=O)CC2Sc3ccccc3NC2=O)cccc1[N+](=O)[O-]. The Hall–Kier alpha value is -2.87. The number of thioether (sulfide) groups is 1. The lowest BCUT2D eigenvalue weighted by atomic mass is 10.1. The normalized spacial score (nSPS) is 15.9. The summed E-state index contributed by atoms with van der Waals surface area (Å²) in [5, 5.41) is 15.9. The molecule has 2 aromatic carbocycles. The molecule has 1 atom stereocenters. The van der Waals surface area contributed by atoms with Gasteiger partial charge in [-0.05, 0) is 25.1 Å². The zero-order valence-corrected chi connectivity index (χ0v) is 14.1. The number of carbonyl (C=O) groups is 2. The number of benzene rings is 2. The zero-order chi connectivity index (χ0) is 18.0. The van der Waals surface area contributed by atoms with Gasteiger partial charge in [0.25, 0.3) is 5.69 Å². The second-order valence-electron chi connectivity index (χ2n) is 5.55. The van der Waals surface area contributed by atoms with Gasteiger partial charge < -0.3 is 10.6 Å². The van der Waals surface area contributed by atoms with Crippen LogP contribution in [0.25, 0.3) is 0 Å². The number of nitro benzene ring substituents is 1. The number of nitro groups is 1. The van der Waals surface area contributed by atoms with Gasteiger partial charge in [-0.25, -0.2) is 0 Å². The summed E-state index contributed by atoms with van der Waals surface area (Å²) >= 11 is 1.34. The van der Waals surface area contributed by atoms with E-state index >= 15 is 0 Å². The van der Waals surface area contributed by atoms with Gasteiger partial charge in [-0.15, -0.1) is 11.8 Å². The lowest BCUT2D eigenvalue weighted by molar-refractivity contribution is -0.385. The fourth-order valence-electron chi connectivity index (χ4n) is 2.55. The lowest BCUT2D eigenvalue weighted by Gasteiger charge is -2.23. The van der Waals surface area contributed by atoms with Crippen LogP contribution in [-0.2, 0) is 9.59 Å². The lowest BCUT2D eigenvalue weighted by Crippen LogP contribution is -2.32. The highest BCUT2D eigenvalue weighted by Crippen LogP contribution is 2.36. The Morgan fingerprint density at radius 1 is 1.28 bits per heavy atom. The molecular formula is C17H15N3O4S. The number of hydrogen-bond acceptors (Lipinski definition) is 5. The third-order valence-electron chi connectivity index (χ3n) is 3.85. The molecule has 1 aliphatic heterocycles. The van der Waals surface area contributed by atoms with Crippen LogP contribution in [0.1, 0.15) is 12.0 Å². The number of carbonyl (C=O) groups excluding carboxylic acids is 2. The molecule has 2 aromatic rings. The smallest absolute Gasteiger partial charge is 0.274 e. The van der Waals surface area contributed by atoms with E-state index in [1.165, 1.54) is 23.9 Å². The number of anilines is 2. The van der Waals surface area contributed by atoms with Crippen molar-refractivity contribution in [3.05, 3.63) is 58.1 Å². The maximum Gasteiger partial charge on any atom is 0.274 e. The average Bonchev–Trinajstić information content (AvgIpc) is 2.57. The van der Waals surface area contributed by atoms with Crippen LogP contribution in [0.4, 0.5) is 17.1 Å². The predicted molar refractivity (Wildman–Crippen MR) is 95.8 cm³/mol. The maximum atomic E-state index is 12.3. The number of amides is 2. The second kappa shape index (κ2) is 6.94. The van der Waals surface area contributed by atoms with Crippen molar-refractivity contribution in [3.8, 4) is 0 Å². The van der Waals surface area contributed by atoms with Crippen molar-refractivity contribution in [2.45, 2.75) is 23.5 Å². The van der Waals surface area contributed by atoms with Crippen molar-refractivity contribution in [2.75, 3.05) is 10.6 Å². The van der Waals surface area contributed by atoms with E-state index in [1.807, 2.05) is 24.3 Å². The first kappa shape index (κ1) is 17.0. The monoisotopic (exact) mass is 357 g/mol. The number of para-hydroxylation sites is 1. The number of nitrogens with one attached hydrogen (secondary N) is 2. The molecule has 0 bridgehead atoms. The van der Waals surface area contributed by atoms with Gasteiger partial charge in [-0.3, -0.25) is 19.7 Å². The highest BCUT2D eigenvalue weighted by molar-refractivity contribution is 8.01. The van der Waals surface area contributed by atoms with E-state index in [0.29, 0.717) is 11.3 Å². The van der Waals surface area contributed by atoms with Crippen molar-refractivity contribution in [1.82, 2.24) is 0 Å². The summed E-state index contributed by atoms with van der Waals surface area (Å²) in [6.07, 6.45) is -0.0209. The largest absolute Gasteiger partial charge is 0.326 e. The van der Waals surface area contributed by atoms with E-state index in [0.717, 1.165) is 10.6 Å². The topological polar surface area (TPSA) is 101 Å². The summed E-state index contributed by atoms with van der Waals surface area (Å²) in [5.41, 5.74) is 1.44. The summed E-state index contributed by atoms with van der Waals surface area (Å²) in [6.45, 7) is 1.58. The van der Waals surface area contributed by atoms with E-state index in [4.69, 9.17) is 0 Å². The molecule has 128 valence electrons. The standard InChI is InChI=1S/C17H15N3O4S/c1-10-11(6-4-7-13(10)20(23)24)18-16(21)9-15-17(22)19-12-5-2-3-8-14(12)25-15/h2-8,15H,9H2,1H3,(H,18,21)(H,19,22). The molecule has 1 aliphatic rings. The predicted octanol–water partition coefficient (Wildman–Crippen LogP) is 3.34. The van der Waals surface area contributed by atoms with Crippen molar-refractivity contribution in [2.24, 2.45) is 0 Å². The summed E-state index contributed by atoms with van der Waals surface area (Å²) in [7, 11) is 0. The quantitative estimate of drug-likeness (QED) is 0.645. The van der Waals surface area contributed by atoms with Gasteiger partial charge in [0.15, 0.2) is 0 Å². The molecular weight excluding hydrogens is 342 g/mol. The molecule has 8 heteroatoms. The van der Waals surface area contributed by atoms with Crippen molar-refractivity contribution < 1.29 is 14.5 Å². The first-order valence-electron chi connectivity index (χ1n) is 7.56. The van der Waals surface area contributed by atoms with Gasteiger partial charge in [0, 0.05) is 17.4 Å². The summed E-state index contributed by atoms with van der Waals surface area (Å²) < 4.78 is 0. The fraction of sp³-hybridized carbons (Fsp3) is 0.176. The minimum absolute atomic E-state index is 0.0209. The molecule has 1 heterocycles. The first-order valence-corrected chi connectivity index (χ1v) is 8.44. The minimum Gasteiger partial charge on any atom is -0.326 e. The fourth-order valence-corrected chi connectivity index (χ4v) is 3.66. The van der Waals surface area contributed by atoms with Gasteiger partial charge in [-0.2, -0.15) is 0 Å². The van der Waals surface area contributed by atoms with Crippen molar-refractivity contribution >= 4 is 40.6 Å². The van der Waals surface area contributed by atoms with Crippen LogP contribution in [0, 0.1) is 17.0 Å². The molecule has 1 unspecified atom stereocenters. The molecule has 0 spiro atoms. The molecule has 0 saturated carbocycles. The van der Waals surface area contributed by atoms with E-state index in [9.17, 15) is 19.7 Å². The maximum absolute atomic E-state index is 12.3. The number of hydrogen-bond donors (Lipinski definition) is 2. The van der Waals surface area contributed by atoms with E-state index in [2.05, 4.69) is 10.6 Å². The third kappa shape index (κ3) is 3.63. The molecule has 0 radical (unpaired) electrons. The van der Waals surface area contributed by atoms with Crippen molar-refractivity contribution in [1.29, 1.82) is 0 Å². The van der Waals surface area contributed by atoms with E-state index < -0.39 is 10.2 Å². The van der Waals surface area contributed by atoms with Crippen LogP contribution in [0.15, 0.2) is 47.4 Å². The number of fused-ring (bicyclic) bond motifs is 1. The Balaban J connectivity index is 1.71. The molecule has 2 N–H and O–H groups in total. The van der Waals surface area contributed by atoms with Gasteiger partial charge in [0.05, 0.1) is 27.1 Å². The Morgan fingerprint density at radius 3 is 2.80 bits per heavy atom. The minimum atomic E-state index is -0.547. The molecule has 3 rings (SSSR count). The van der Waals surface area contributed by atoms with Crippen LogP contribution in [0.3, 0.4) is 0 Å². The van der Waals surface area contributed by atoms with Gasteiger partial charge in [0.2, 0.25) is 11.8 Å². The summed E-state index contributed by atoms with van der Waals surface area (Å²) in [6, 6.07) is 11.9. The van der Waals surface area contributed by atoms with Crippen molar-refractivity contribution in [3.63, 3.8) is 0 Å². The van der Waals surface area contributed by atoms with Gasteiger partial charge >= 0.3 is 0 Å². The molecule has 25 heavy (non-hydrogen) atoms. The van der Waals surface area contributed by atoms with E-state index in [1.54, 1.807) is 13.0 Å². The Bertz CT molecular complexity index is 869. The molecule has 2 amide bonds. The highest BCUT2D eigenvalue weighted by atomic mass is 32.2. The van der Waals surface area contributed by atoms with Crippen LogP contribution in [-0.4, -0.2) is 22.0 Å². The van der Waals surface area contributed by atoms with E-state index in [-0.39, 0.29) is 23.9 Å². The molecule has 0 fully saturated rings. The first-order chi connectivity index (χ1) is 12.0. The zero-order valence-electron chi connectivity index (χ0n) is 13.3. The Morgan fingerprint density at radius 2 is 2.04 bits per heavy atom.